The van der Waals surface area contributed by atoms with Gasteiger partial charge in [-0.1, -0.05) is 32.9 Å². The lowest BCUT2D eigenvalue weighted by Gasteiger charge is -2.21. The monoisotopic (exact) mass is 249 g/mol. The van der Waals surface area contributed by atoms with Gasteiger partial charge in [0, 0.05) is 0 Å². The molecular formula is C15H23NO2. The van der Waals surface area contributed by atoms with Crippen LogP contribution in [0.5, 0.6) is 5.75 Å². The van der Waals surface area contributed by atoms with Gasteiger partial charge >= 0.3 is 0 Å². The number of aldehydes is 1. The Balaban J connectivity index is 2.82. The van der Waals surface area contributed by atoms with Crippen LogP contribution < -0.4 is 10.1 Å². The van der Waals surface area contributed by atoms with Crippen molar-refractivity contribution in [1.82, 2.24) is 5.32 Å². The van der Waals surface area contributed by atoms with Crippen molar-refractivity contribution in [3.8, 4) is 5.75 Å². The molecule has 0 atom stereocenters. The van der Waals surface area contributed by atoms with Gasteiger partial charge in [-0.15, -0.1) is 0 Å². The molecule has 0 saturated carbocycles. The van der Waals surface area contributed by atoms with Crippen molar-refractivity contribution in [2.75, 3.05) is 20.2 Å². The van der Waals surface area contributed by atoms with E-state index in [4.69, 9.17) is 4.74 Å². The minimum atomic E-state index is 0.136. The van der Waals surface area contributed by atoms with Crippen LogP contribution >= 0.6 is 0 Å². The zero-order chi connectivity index (χ0) is 13.6. The van der Waals surface area contributed by atoms with Crippen LogP contribution in [0.25, 0.3) is 0 Å². The summed E-state index contributed by atoms with van der Waals surface area (Å²) in [6.07, 6.45) is 1.74. The van der Waals surface area contributed by atoms with Crippen molar-refractivity contribution < 1.29 is 9.53 Å². The first kappa shape index (κ1) is 14.7. The third kappa shape index (κ3) is 4.15. The van der Waals surface area contributed by atoms with Gasteiger partial charge in [-0.3, -0.25) is 0 Å². The molecule has 1 aromatic rings. The third-order valence-corrected chi connectivity index (χ3v) is 2.95. The average Bonchev–Trinajstić information content (AvgIpc) is 2.33. The summed E-state index contributed by atoms with van der Waals surface area (Å²) < 4.78 is 5.37. The second kappa shape index (κ2) is 6.55. The summed E-state index contributed by atoms with van der Waals surface area (Å²) >= 11 is 0. The molecule has 0 spiro atoms. The van der Waals surface area contributed by atoms with E-state index in [0.717, 1.165) is 25.0 Å². The van der Waals surface area contributed by atoms with Crippen LogP contribution in [0.4, 0.5) is 0 Å². The lowest BCUT2D eigenvalue weighted by molar-refractivity contribution is -0.107. The number of nitrogens with one attached hydrogen (secondary N) is 1. The Morgan fingerprint density at radius 1 is 1.33 bits per heavy atom. The summed E-state index contributed by atoms with van der Waals surface area (Å²) in [6, 6.07) is 6.33. The lowest BCUT2D eigenvalue weighted by Crippen LogP contribution is -2.20. The maximum atomic E-state index is 10.2. The average molecular weight is 249 g/mol. The summed E-state index contributed by atoms with van der Waals surface area (Å²) in [6.45, 7) is 7.78. The highest BCUT2D eigenvalue weighted by atomic mass is 16.5. The molecule has 1 N–H and O–H groups in total. The second-order valence-corrected chi connectivity index (χ2v) is 5.40. The molecule has 0 amide bonds. The van der Waals surface area contributed by atoms with Gasteiger partial charge < -0.3 is 14.8 Å². The number of methoxy groups -OCH3 is 1. The first-order valence-corrected chi connectivity index (χ1v) is 6.31. The zero-order valence-corrected chi connectivity index (χ0v) is 11.7. The molecule has 0 heterocycles. The maximum absolute atomic E-state index is 10.2. The number of carbonyl (C=O) groups excluding carboxylic acids is 1. The Morgan fingerprint density at radius 3 is 2.61 bits per heavy atom. The predicted octanol–water partition coefficient (Wildman–Crippen LogP) is 2.32. The van der Waals surface area contributed by atoms with Crippen LogP contribution in [0.2, 0.25) is 0 Å². The molecule has 100 valence electrons. The quantitative estimate of drug-likeness (QED) is 0.621. The largest absolute Gasteiger partial charge is 0.496 e. The van der Waals surface area contributed by atoms with E-state index in [1.165, 1.54) is 11.1 Å². The molecule has 18 heavy (non-hydrogen) atoms. The van der Waals surface area contributed by atoms with E-state index in [9.17, 15) is 4.79 Å². The number of hydrogen-bond acceptors (Lipinski definition) is 3. The van der Waals surface area contributed by atoms with Gasteiger partial charge in [0.05, 0.1) is 13.7 Å². The SMILES string of the molecule is COc1ccc(C(C)(C)C)cc1CCNCC=O. The molecule has 0 aliphatic rings. The molecule has 0 fully saturated rings. The minimum Gasteiger partial charge on any atom is -0.496 e. The molecular weight excluding hydrogens is 226 g/mol. The van der Waals surface area contributed by atoms with Crippen molar-refractivity contribution in [3.63, 3.8) is 0 Å². The molecule has 3 nitrogen and oxygen atoms in total. The van der Waals surface area contributed by atoms with E-state index in [1.807, 2.05) is 6.07 Å². The zero-order valence-electron chi connectivity index (χ0n) is 11.7. The fraction of sp³-hybridized carbons (Fsp3) is 0.533. The Hall–Kier alpha value is -1.35. The van der Waals surface area contributed by atoms with Gasteiger partial charge in [0.2, 0.25) is 0 Å². The molecule has 0 aliphatic carbocycles. The molecule has 0 saturated heterocycles. The van der Waals surface area contributed by atoms with E-state index in [0.29, 0.717) is 6.54 Å². The van der Waals surface area contributed by atoms with Crippen LogP contribution in [0.15, 0.2) is 18.2 Å². The van der Waals surface area contributed by atoms with E-state index in [2.05, 4.69) is 38.2 Å². The molecule has 0 aromatic heterocycles. The smallest absolute Gasteiger partial charge is 0.133 e. The minimum absolute atomic E-state index is 0.136. The Labute approximate surface area is 110 Å². The summed E-state index contributed by atoms with van der Waals surface area (Å²) in [5.74, 6) is 0.913. The Morgan fingerprint density at radius 2 is 2.06 bits per heavy atom. The van der Waals surface area contributed by atoms with Gasteiger partial charge in [0.15, 0.2) is 0 Å². The van der Waals surface area contributed by atoms with Gasteiger partial charge in [-0.2, -0.15) is 0 Å². The fourth-order valence-corrected chi connectivity index (χ4v) is 1.82. The maximum Gasteiger partial charge on any atom is 0.133 e. The summed E-state index contributed by atoms with van der Waals surface area (Å²) in [5.41, 5.74) is 2.62. The van der Waals surface area contributed by atoms with E-state index in [-0.39, 0.29) is 5.41 Å². The van der Waals surface area contributed by atoms with Crippen molar-refractivity contribution in [1.29, 1.82) is 0 Å². The van der Waals surface area contributed by atoms with Crippen LogP contribution in [0, 0.1) is 0 Å². The van der Waals surface area contributed by atoms with Gasteiger partial charge in [0.1, 0.15) is 12.0 Å². The first-order chi connectivity index (χ1) is 8.49. The topological polar surface area (TPSA) is 38.3 Å². The highest BCUT2D eigenvalue weighted by molar-refractivity contribution is 5.51. The number of hydrogen-bond donors (Lipinski definition) is 1. The number of carbonyl (C=O) groups is 1. The van der Waals surface area contributed by atoms with Crippen molar-refractivity contribution in [2.24, 2.45) is 0 Å². The van der Waals surface area contributed by atoms with Crippen molar-refractivity contribution in [2.45, 2.75) is 32.6 Å². The van der Waals surface area contributed by atoms with Gasteiger partial charge in [0.25, 0.3) is 0 Å². The molecule has 0 bridgehead atoms. The summed E-state index contributed by atoms with van der Waals surface area (Å²) in [7, 11) is 1.69. The van der Waals surface area contributed by atoms with E-state index in [1.54, 1.807) is 7.11 Å². The normalized spacial score (nSPS) is 11.3. The van der Waals surface area contributed by atoms with Gasteiger partial charge in [-0.05, 0) is 35.6 Å². The van der Waals surface area contributed by atoms with Crippen LogP contribution in [-0.4, -0.2) is 26.5 Å². The Bertz CT molecular complexity index is 394. The predicted molar refractivity (Wildman–Crippen MR) is 74.3 cm³/mol. The molecule has 0 aliphatic heterocycles. The molecule has 1 aromatic carbocycles. The highest BCUT2D eigenvalue weighted by Gasteiger charge is 2.15. The van der Waals surface area contributed by atoms with Crippen LogP contribution in [-0.2, 0) is 16.6 Å². The van der Waals surface area contributed by atoms with Crippen molar-refractivity contribution in [3.05, 3.63) is 29.3 Å². The molecule has 0 unspecified atom stereocenters. The number of ether oxygens (including phenoxy) is 1. The second-order valence-electron chi connectivity index (χ2n) is 5.40. The third-order valence-electron chi connectivity index (χ3n) is 2.95. The summed E-state index contributed by atoms with van der Waals surface area (Å²) in [5, 5.41) is 3.07. The number of benzene rings is 1. The van der Waals surface area contributed by atoms with E-state index < -0.39 is 0 Å². The lowest BCUT2D eigenvalue weighted by atomic mass is 9.85. The first-order valence-electron chi connectivity index (χ1n) is 6.31. The fourth-order valence-electron chi connectivity index (χ4n) is 1.82. The van der Waals surface area contributed by atoms with Gasteiger partial charge in [-0.25, -0.2) is 0 Å². The molecule has 1 rings (SSSR count). The van der Waals surface area contributed by atoms with Crippen molar-refractivity contribution >= 4 is 6.29 Å². The van der Waals surface area contributed by atoms with Crippen LogP contribution in [0.1, 0.15) is 31.9 Å². The number of rotatable bonds is 6. The van der Waals surface area contributed by atoms with Crippen LogP contribution in [0.3, 0.4) is 0 Å². The standard InChI is InChI=1S/C15H23NO2/c1-15(2,3)13-5-6-14(18-4)12(11-13)7-8-16-9-10-17/h5-6,10-11,16H,7-9H2,1-4H3. The highest BCUT2D eigenvalue weighted by Crippen LogP contribution is 2.28. The Kier molecular flexibility index (Phi) is 5.35. The molecule has 3 heteroatoms. The molecule has 0 radical (unpaired) electrons. The summed E-state index contributed by atoms with van der Waals surface area (Å²) in [4.78, 5) is 10.2. The van der Waals surface area contributed by atoms with E-state index >= 15 is 0 Å².